The van der Waals surface area contributed by atoms with Crippen LogP contribution in [-0.4, -0.2) is 12.2 Å². The quantitative estimate of drug-likeness (QED) is 0.910. The van der Waals surface area contributed by atoms with Crippen LogP contribution in [0.1, 0.15) is 33.9 Å². The first-order chi connectivity index (χ1) is 9.43. The molecule has 2 rings (SSSR count). The van der Waals surface area contributed by atoms with Crippen molar-refractivity contribution in [1.29, 1.82) is 0 Å². The summed E-state index contributed by atoms with van der Waals surface area (Å²) in [6, 6.07) is 9.49. The zero-order valence-corrected chi connectivity index (χ0v) is 13.0. The van der Waals surface area contributed by atoms with E-state index in [2.05, 4.69) is 13.0 Å². The zero-order valence-electron chi connectivity index (χ0n) is 12.2. The van der Waals surface area contributed by atoms with Gasteiger partial charge in [0.1, 0.15) is 11.9 Å². The first-order valence-corrected chi connectivity index (χ1v) is 6.91. The predicted octanol–water partition coefficient (Wildman–Crippen LogP) is 4.36. The third kappa shape index (κ3) is 2.82. The van der Waals surface area contributed by atoms with Crippen molar-refractivity contribution in [2.45, 2.75) is 26.9 Å². The Kier molecular flexibility index (Phi) is 4.36. The van der Waals surface area contributed by atoms with Gasteiger partial charge in [-0.05, 0) is 60.7 Å². The Morgan fingerprint density at radius 3 is 2.25 bits per heavy atom. The molecule has 1 unspecified atom stereocenters. The summed E-state index contributed by atoms with van der Waals surface area (Å²) < 4.78 is 5.13. The fourth-order valence-electron chi connectivity index (χ4n) is 2.31. The molecule has 0 saturated carbocycles. The fraction of sp³-hybridized carbons (Fsp3) is 0.294. The Bertz CT molecular complexity index is 635. The minimum Gasteiger partial charge on any atom is -0.495 e. The van der Waals surface area contributed by atoms with Crippen LogP contribution in [0, 0.1) is 20.8 Å². The Morgan fingerprint density at radius 1 is 1.00 bits per heavy atom. The molecular formula is C17H19ClO2. The van der Waals surface area contributed by atoms with E-state index in [9.17, 15) is 5.11 Å². The fourth-order valence-corrected chi connectivity index (χ4v) is 2.58. The number of ether oxygens (including phenoxy) is 1. The van der Waals surface area contributed by atoms with E-state index in [-0.39, 0.29) is 0 Å². The van der Waals surface area contributed by atoms with E-state index in [0.717, 1.165) is 16.7 Å². The average molecular weight is 291 g/mol. The average Bonchev–Trinajstić information content (AvgIpc) is 2.42. The van der Waals surface area contributed by atoms with E-state index in [1.165, 1.54) is 11.1 Å². The van der Waals surface area contributed by atoms with Crippen molar-refractivity contribution in [3.05, 3.63) is 63.2 Å². The summed E-state index contributed by atoms with van der Waals surface area (Å²) in [4.78, 5) is 0. The molecule has 0 heterocycles. The lowest BCUT2D eigenvalue weighted by molar-refractivity contribution is 0.219. The third-order valence-corrected chi connectivity index (χ3v) is 3.96. The molecule has 2 aromatic carbocycles. The molecule has 0 aromatic heterocycles. The summed E-state index contributed by atoms with van der Waals surface area (Å²) in [5.74, 6) is 0.611. The molecule has 106 valence electrons. The highest BCUT2D eigenvalue weighted by Gasteiger charge is 2.15. The van der Waals surface area contributed by atoms with Crippen LogP contribution in [0.5, 0.6) is 5.75 Å². The summed E-state index contributed by atoms with van der Waals surface area (Å²) in [6.07, 6.45) is -0.683. The van der Waals surface area contributed by atoms with E-state index >= 15 is 0 Å². The van der Waals surface area contributed by atoms with Gasteiger partial charge in [-0.2, -0.15) is 0 Å². The Hall–Kier alpha value is -1.51. The minimum atomic E-state index is -0.683. The number of methoxy groups -OCH3 is 1. The normalized spacial score (nSPS) is 12.3. The van der Waals surface area contributed by atoms with Gasteiger partial charge in [-0.3, -0.25) is 0 Å². The number of aliphatic hydroxyl groups excluding tert-OH is 1. The predicted molar refractivity (Wildman–Crippen MR) is 82.7 cm³/mol. The molecule has 0 fully saturated rings. The maximum Gasteiger partial charge on any atom is 0.137 e. The second-order valence-corrected chi connectivity index (χ2v) is 5.50. The van der Waals surface area contributed by atoms with Crippen LogP contribution >= 0.6 is 11.6 Å². The first kappa shape index (κ1) is 14.9. The molecule has 0 bridgehead atoms. The van der Waals surface area contributed by atoms with Crippen LogP contribution in [0.15, 0.2) is 30.3 Å². The molecule has 1 N–H and O–H groups in total. The highest BCUT2D eigenvalue weighted by atomic mass is 35.5. The molecule has 0 spiro atoms. The molecule has 1 atom stereocenters. The molecule has 20 heavy (non-hydrogen) atoms. The van der Waals surface area contributed by atoms with E-state index in [1.807, 2.05) is 26.0 Å². The molecule has 0 radical (unpaired) electrons. The maximum atomic E-state index is 10.6. The van der Waals surface area contributed by atoms with Gasteiger partial charge in [-0.15, -0.1) is 0 Å². The zero-order chi connectivity index (χ0) is 14.9. The Labute approximate surface area is 125 Å². The lowest BCUT2D eigenvalue weighted by Crippen LogP contribution is -2.03. The first-order valence-electron chi connectivity index (χ1n) is 6.53. The van der Waals surface area contributed by atoms with Crippen molar-refractivity contribution in [2.75, 3.05) is 7.11 Å². The van der Waals surface area contributed by atoms with E-state index < -0.39 is 6.10 Å². The summed E-state index contributed by atoms with van der Waals surface area (Å²) in [6.45, 7) is 6.13. The number of benzene rings is 2. The van der Waals surface area contributed by atoms with Crippen LogP contribution < -0.4 is 4.74 Å². The standard InChI is InChI=1S/C17H19ClO2/c1-10-7-12(3)14(8-11(10)2)17(19)13-5-6-16(20-4)15(18)9-13/h5-9,17,19H,1-4H3. The minimum absolute atomic E-state index is 0.505. The number of aryl methyl sites for hydroxylation is 3. The summed E-state index contributed by atoms with van der Waals surface area (Å²) in [7, 11) is 1.57. The number of hydrogen-bond donors (Lipinski definition) is 1. The molecule has 2 nitrogen and oxygen atoms in total. The van der Waals surface area contributed by atoms with Crippen molar-refractivity contribution >= 4 is 11.6 Å². The van der Waals surface area contributed by atoms with Gasteiger partial charge in [-0.25, -0.2) is 0 Å². The monoisotopic (exact) mass is 290 g/mol. The molecule has 0 aliphatic rings. The SMILES string of the molecule is COc1ccc(C(O)c2cc(C)c(C)cc2C)cc1Cl. The Morgan fingerprint density at radius 2 is 1.65 bits per heavy atom. The third-order valence-electron chi connectivity index (χ3n) is 3.67. The smallest absolute Gasteiger partial charge is 0.137 e. The summed E-state index contributed by atoms with van der Waals surface area (Å²) >= 11 is 6.12. The topological polar surface area (TPSA) is 29.5 Å². The van der Waals surface area contributed by atoms with Crippen LogP contribution in [0.3, 0.4) is 0 Å². The van der Waals surface area contributed by atoms with Crippen molar-refractivity contribution in [1.82, 2.24) is 0 Å². The summed E-state index contributed by atoms with van der Waals surface area (Å²) in [5.41, 5.74) is 5.15. The number of rotatable bonds is 3. The van der Waals surface area contributed by atoms with Gasteiger partial charge in [0.25, 0.3) is 0 Å². The van der Waals surface area contributed by atoms with Crippen molar-refractivity contribution in [3.8, 4) is 5.75 Å². The molecule has 0 aliphatic heterocycles. The van der Waals surface area contributed by atoms with Gasteiger partial charge in [0, 0.05) is 0 Å². The van der Waals surface area contributed by atoms with Gasteiger partial charge in [0.2, 0.25) is 0 Å². The molecule has 0 aliphatic carbocycles. The second-order valence-electron chi connectivity index (χ2n) is 5.09. The number of aliphatic hydroxyl groups is 1. The van der Waals surface area contributed by atoms with Gasteiger partial charge in [0.05, 0.1) is 12.1 Å². The molecule has 2 aromatic rings. The van der Waals surface area contributed by atoms with Crippen LogP contribution in [0.25, 0.3) is 0 Å². The van der Waals surface area contributed by atoms with Gasteiger partial charge < -0.3 is 9.84 Å². The maximum absolute atomic E-state index is 10.6. The largest absolute Gasteiger partial charge is 0.495 e. The van der Waals surface area contributed by atoms with Crippen molar-refractivity contribution in [2.24, 2.45) is 0 Å². The van der Waals surface area contributed by atoms with Crippen molar-refractivity contribution < 1.29 is 9.84 Å². The van der Waals surface area contributed by atoms with Crippen LogP contribution in [0.2, 0.25) is 5.02 Å². The second kappa shape index (κ2) is 5.86. The summed E-state index contributed by atoms with van der Waals surface area (Å²) in [5, 5.41) is 11.1. The van der Waals surface area contributed by atoms with Crippen LogP contribution in [-0.2, 0) is 0 Å². The number of hydrogen-bond acceptors (Lipinski definition) is 2. The molecule has 0 saturated heterocycles. The van der Waals surface area contributed by atoms with Crippen molar-refractivity contribution in [3.63, 3.8) is 0 Å². The van der Waals surface area contributed by atoms with E-state index in [1.54, 1.807) is 19.2 Å². The van der Waals surface area contributed by atoms with Gasteiger partial charge >= 0.3 is 0 Å². The lowest BCUT2D eigenvalue weighted by Gasteiger charge is -2.17. The van der Waals surface area contributed by atoms with E-state index in [0.29, 0.717) is 10.8 Å². The Balaban J connectivity index is 2.43. The molecule has 0 amide bonds. The highest BCUT2D eigenvalue weighted by Crippen LogP contribution is 2.32. The van der Waals surface area contributed by atoms with E-state index in [4.69, 9.17) is 16.3 Å². The van der Waals surface area contributed by atoms with Gasteiger partial charge in [0.15, 0.2) is 0 Å². The van der Waals surface area contributed by atoms with Crippen LogP contribution in [0.4, 0.5) is 0 Å². The number of halogens is 1. The van der Waals surface area contributed by atoms with Gasteiger partial charge in [-0.1, -0.05) is 29.8 Å². The molecular weight excluding hydrogens is 272 g/mol. The highest BCUT2D eigenvalue weighted by molar-refractivity contribution is 6.32. The molecule has 3 heteroatoms. The lowest BCUT2D eigenvalue weighted by atomic mass is 9.93.